The van der Waals surface area contributed by atoms with E-state index in [-0.39, 0.29) is 5.82 Å². The molecule has 0 saturated carbocycles. The summed E-state index contributed by atoms with van der Waals surface area (Å²) in [5.74, 6) is 7.81. The Morgan fingerprint density at radius 3 is 1.98 bits per heavy atom. The minimum atomic E-state index is -0.293. The summed E-state index contributed by atoms with van der Waals surface area (Å²) in [7, 11) is 0. The molecule has 5 aromatic carbocycles. The van der Waals surface area contributed by atoms with Gasteiger partial charge in [-0.25, -0.2) is 4.39 Å². The monoisotopic (exact) mass is 598 g/mol. The van der Waals surface area contributed by atoms with Gasteiger partial charge in [-0.2, -0.15) is 0 Å². The van der Waals surface area contributed by atoms with Crippen molar-refractivity contribution in [2.24, 2.45) is 0 Å². The highest BCUT2D eigenvalue weighted by molar-refractivity contribution is 7.99. The second kappa shape index (κ2) is 15.5. The third kappa shape index (κ3) is 8.65. The van der Waals surface area contributed by atoms with Crippen LogP contribution < -0.4 is 4.74 Å². The lowest BCUT2D eigenvalue weighted by molar-refractivity contribution is 0.311. The molecule has 5 aromatic rings. The highest BCUT2D eigenvalue weighted by Gasteiger charge is 2.08. The fourth-order valence-corrected chi connectivity index (χ4v) is 5.99. The fourth-order valence-electron chi connectivity index (χ4n) is 4.99. The van der Waals surface area contributed by atoms with Gasteiger partial charge >= 0.3 is 0 Å². The number of thioether (sulfide) groups is 1. The maximum absolute atomic E-state index is 15.1. The molecule has 0 aliphatic rings. The summed E-state index contributed by atoms with van der Waals surface area (Å²) in [4.78, 5) is 1.25. The minimum absolute atomic E-state index is 0.293. The molecule has 3 heteroatoms. The van der Waals surface area contributed by atoms with E-state index in [1.54, 1.807) is 6.07 Å². The van der Waals surface area contributed by atoms with Crippen molar-refractivity contribution in [2.75, 3.05) is 12.4 Å². The number of aryl methyl sites for hydroxylation is 3. The molecule has 0 atom stereocenters. The van der Waals surface area contributed by atoms with Crippen LogP contribution in [0.5, 0.6) is 5.75 Å². The van der Waals surface area contributed by atoms with E-state index >= 15 is 4.39 Å². The van der Waals surface area contributed by atoms with Gasteiger partial charge in [-0.15, -0.1) is 11.8 Å². The van der Waals surface area contributed by atoms with Crippen molar-refractivity contribution in [1.82, 2.24) is 0 Å². The Labute approximate surface area is 266 Å². The molecule has 0 amide bonds. The van der Waals surface area contributed by atoms with Crippen molar-refractivity contribution in [3.05, 3.63) is 143 Å². The number of benzene rings is 5. The van der Waals surface area contributed by atoms with E-state index in [4.69, 9.17) is 4.74 Å². The summed E-state index contributed by atoms with van der Waals surface area (Å²) in [5, 5.41) is 0. The van der Waals surface area contributed by atoms with Crippen molar-refractivity contribution >= 4 is 11.8 Å². The first-order valence-corrected chi connectivity index (χ1v) is 16.4. The molecule has 0 heterocycles. The van der Waals surface area contributed by atoms with E-state index in [0.29, 0.717) is 12.2 Å². The predicted octanol–water partition coefficient (Wildman–Crippen LogP) is 11.1. The summed E-state index contributed by atoms with van der Waals surface area (Å²) in [6.07, 6.45) is 4.31. The third-order valence-corrected chi connectivity index (χ3v) is 8.74. The molecule has 0 bridgehead atoms. The largest absolute Gasteiger partial charge is 0.494 e. The number of hydrogen-bond donors (Lipinski definition) is 0. The molecule has 222 valence electrons. The average Bonchev–Trinajstić information content (AvgIpc) is 3.04. The molecule has 0 spiro atoms. The predicted molar refractivity (Wildman–Crippen MR) is 185 cm³/mol. The van der Waals surface area contributed by atoms with E-state index < -0.39 is 0 Å². The van der Waals surface area contributed by atoms with E-state index in [9.17, 15) is 0 Å². The summed E-state index contributed by atoms with van der Waals surface area (Å²) in [6.45, 7) is 6.87. The Balaban J connectivity index is 1.12. The molecule has 0 aromatic heterocycles. The van der Waals surface area contributed by atoms with Gasteiger partial charge in [-0.1, -0.05) is 91.4 Å². The number of ether oxygens (including phenoxy) is 1. The molecule has 0 aliphatic heterocycles. The van der Waals surface area contributed by atoms with Crippen molar-refractivity contribution in [1.29, 1.82) is 0 Å². The van der Waals surface area contributed by atoms with Crippen LogP contribution in [0.25, 0.3) is 22.3 Å². The van der Waals surface area contributed by atoms with Crippen LogP contribution in [0, 0.1) is 31.5 Å². The lowest BCUT2D eigenvalue weighted by atomic mass is 9.99. The average molecular weight is 599 g/mol. The normalized spacial score (nSPS) is 10.7. The van der Waals surface area contributed by atoms with Gasteiger partial charge in [0.05, 0.1) is 12.2 Å². The Kier molecular flexibility index (Phi) is 11.0. The smallest absolute Gasteiger partial charge is 0.139 e. The van der Waals surface area contributed by atoms with Gasteiger partial charge in [0.25, 0.3) is 0 Å². The Bertz CT molecular complexity index is 1690. The van der Waals surface area contributed by atoms with E-state index in [2.05, 4.69) is 98.5 Å². The Morgan fingerprint density at radius 2 is 1.32 bits per heavy atom. The second-order valence-electron chi connectivity index (χ2n) is 11.2. The van der Waals surface area contributed by atoms with Crippen LogP contribution in [-0.2, 0) is 6.42 Å². The highest BCUT2D eigenvalue weighted by Crippen LogP contribution is 2.28. The van der Waals surface area contributed by atoms with E-state index in [1.165, 1.54) is 40.0 Å². The number of halogens is 1. The fraction of sp³-hybridized carbons (Fsp3) is 0.220. The first kappa shape index (κ1) is 31.2. The van der Waals surface area contributed by atoms with Crippen LogP contribution in [0.1, 0.15) is 54.0 Å². The lowest BCUT2D eigenvalue weighted by Gasteiger charge is -2.08. The molecule has 0 saturated heterocycles. The highest BCUT2D eigenvalue weighted by atomic mass is 32.2. The van der Waals surface area contributed by atoms with Gasteiger partial charge < -0.3 is 4.74 Å². The van der Waals surface area contributed by atoms with Crippen molar-refractivity contribution < 1.29 is 9.13 Å². The van der Waals surface area contributed by atoms with Gasteiger partial charge in [0, 0.05) is 10.5 Å². The zero-order valence-electron chi connectivity index (χ0n) is 25.8. The number of unbranched alkanes of at least 4 members (excludes halogenated alkanes) is 1. The molecule has 44 heavy (non-hydrogen) atoms. The Hall–Kier alpha value is -4.26. The minimum Gasteiger partial charge on any atom is -0.494 e. The maximum atomic E-state index is 15.1. The summed E-state index contributed by atoms with van der Waals surface area (Å²) >= 11 is 1.87. The SMILES string of the molecule is CCCCSc1ccc(-c2cc(C)c(C#Cc3ccc(OCCCc4ccc(-c5ccc(C)cc5)cc4)cc3)c(F)c2)cc1. The second-order valence-corrected chi connectivity index (χ2v) is 12.3. The summed E-state index contributed by atoms with van der Waals surface area (Å²) < 4.78 is 21.1. The van der Waals surface area contributed by atoms with E-state index in [1.807, 2.05) is 49.0 Å². The molecule has 0 fully saturated rings. The number of hydrogen-bond acceptors (Lipinski definition) is 2. The summed E-state index contributed by atoms with van der Waals surface area (Å²) in [5.41, 5.74) is 9.03. The first-order chi connectivity index (χ1) is 21.5. The zero-order valence-corrected chi connectivity index (χ0v) is 26.6. The number of rotatable bonds is 11. The molecular weight excluding hydrogens is 560 g/mol. The standard InChI is InChI=1S/C41H39FOS/c1-4-5-27-44-39-23-19-36(20-24-39)37-28-31(3)40(41(42)29-37)25-14-33-12-21-38(22-13-33)43-26-6-7-32-10-17-35(18-11-32)34-15-8-30(2)9-16-34/h8-13,15-24,28-29H,4-7,26-27H2,1-3H3. The van der Waals surface area contributed by atoms with Crippen molar-refractivity contribution in [2.45, 2.75) is 51.3 Å². The Morgan fingerprint density at radius 1 is 0.682 bits per heavy atom. The van der Waals surface area contributed by atoms with Gasteiger partial charge in [-0.05, 0) is 121 Å². The molecule has 0 aliphatic carbocycles. The van der Waals surface area contributed by atoms with Gasteiger partial charge in [0.15, 0.2) is 0 Å². The van der Waals surface area contributed by atoms with Crippen LogP contribution in [0.15, 0.2) is 114 Å². The molecule has 1 nitrogen and oxygen atoms in total. The molecule has 5 rings (SSSR count). The molecule has 0 unspecified atom stereocenters. The van der Waals surface area contributed by atoms with Crippen LogP contribution in [-0.4, -0.2) is 12.4 Å². The molecule has 0 radical (unpaired) electrons. The quantitative estimate of drug-likeness (QED) is 0.0850. The van der Waals surface area contributed by atoms with Gasteiger partial charge in [0.2, 0.25) is 0 Å². The topological polar surface area (TPSA) is 9.23 Å². The molecular formula is C41H39FOS. The molecule has 0 N–H and O–H groups in total. The van der Waals surface area contributed by atoms with E-state index in [0.717, 1.165) is 46.6 Å². The zero-order chi connectivity index (χ0) is 30.7. The van der Waals surface area contributed by atoms with Gasteiger partial charge in [-0.3, -0.25) is 0 Å². The van der Waals surface area contributed by atoms with Crippen molar-refractivity contribution in [3.63, 3.8) is 0 Å². The lowest BCUT2D eigenvalue weighted by Crippen LogP contribution is -1.99. The first-order valence-electron chi connectivity index (χ1n) is 15.4. The van der Waals surface area contributed by atoms with Crippen LogP contribution in [0.3, 0.4) is 0 Å². The maximum Gasteiger partial charge on any atom is 0.139 e. The van der Waals surface area contributed by atoms with Gasteiger partial charge in [0.1, 0.15) is 11.6 Å². The van der Waals surface area contributed by atoms with Crippen LogP contribution in [0.4, 0.5) is 4.39 Å². The third-order valence-electron chi connectivity index (χ3n) is 7.65. The van der Waals surface area contributed by atoms with Crippen molar-refractivity contribution in [3.8, 4) is 39.8 Å². The summed E-state index contributed by atoms with van der Waals surface area (Å²) in [6, 6.07) is 37.1. The van der Waals surface area contributed by atoms with Crippen LogP contribution >= 0.6 is 11.8 Å². The van der Waals surface area contributed by atoms with Crippen LogP contribution in [0.2, 0.25) is 0 Å².